The van der Waals surface area contributed by atoms with E-state index < -0.39 is 6.10 Å². The molecule has 1 heterocycles. The Labute approximate surface area is 149 Å². The number of carbonyl (C=O) groups is 1. The molecule has 1 aromatic carbocycles. The second kappa shape index (κ2) is 9.84. The molecule has 0 spiro atoms. The largest absolute Gasteiger partial charge is 0.491 e. The standard InChI is InChI=1S/C17H26N2O4.ClH/c1-11(2)23-14-6-4-5-13(9-14)15(20)10-19-17(21)16-12(3)22-8-7-18-16;/h4-6,9,11-12,15-16,18,20H,7-8,10H2,1-3H3,(H,19,21);1H/t12-,15?,16+;/m1./s1. The number of aliphatic hydroxyl groups is 1. The number of nitrogens with one attached hydrogen (secondary N) is 2. The number of ether oxygens (including phenoxy) is 2. The zero-order valence-electron chi connectivity index (χ0n) is 14.3. The van der Waals surface area contributed by atoms with Crippen molar-refractivity contribution in [2.24, 2.45) is 0 Å². The summed E-state index contributed by atoms with van der Waals surface area (Å²) in [5.41, 5.74) is 0.712. The lowest BCUT2D eigenvalue weighted by atomic mass is 10.1. The topological polar surface area (TPSA) is 79.8 Å². The zero-order chi connectivity index (χ0) is 16.8. The average molecular weight is 359 g/mol. The van der Waals surface area contributed by atoms with Crippen LogP contribution in [0.5, 0.6) is 5.75 Å². The highest BCUT2D eigenvalue weighted by Gasteiger charge is 2.28. The van der Waals surface area contributed by atoms with Crippen LogP contribution >= 0.6 is 12.4 Å². The van der Waals surface area contributed by atoms with Gasteiger partial charge in [-0.3, -0.25) is 4.79 Å². The molecule has 1 aliphatic rings. The summed E-state index contributed by atoms with van der Waals surface area (Å²) in [4.78, 5) is 12.2. The highest BCUT2D eigenvalue weighted by Crippen LogP contribution is 2.20. The number of hydrogen-bond acceptors (Lipinski definition) is 5. The van der Waals surface area contributed by atoms with Crippen LogP contribution in [0.2, 0.25) is 0 Å². The molecule has 0 aliphatic carbocycles. The van der Waals surface area contributed by atoms with Gasteiger partial charge < -0.3 is 25.2 Å². The van der Waals surface area contributed by atoms with Crippen LogP contribution in [0.15, 0.2) is 24.3 Å². The molecule has 1 fully saturated rings. The molecule has 3 N–H and O–H groups in total. The molecule has 1 aromatic rings. The molecular formula is C17H27ClN2O4. The smallest absolute Gasteiger partial charge is 0.239 e. The van der Waals surface area contributed by atoms with Crippen LogP contribution in [-0.2, 0) is 9.53 Å². The van der Waals surface area contributed by atoms with Crippen LogP contribution in [0, 0.1) is 0 Å². The van der Waals surface area contributed by atoms with E-state index >= 15 is 0 Å². The SMILES string of the molecule is CC(C)Oc1cccc(C(O)CNC(=O)[C@H]2NCCO[C@@H]2C)c1.Cl. The number of carbonyl (C=O) groups excluding carboxylic acids is 1. The lowest BCUT2D eigenvalue weighted by Crippen LogP contribution is -2.55. The lowest BCUT2D eigenvalue weighted by molar-refractivity contribution is -0.129. The first kappa shape index (κ1) is 20.7. The number of benzene rings is 1. The van der Waals surface area contributed by atoms with Crippen molar-refractivity contribution in [2.45, 2.75) is 45.1 Å². The van der Waals surface area contributed by atoms with E-state index in [0.717, 1.165) is 0 Å². The van der Waals surface area contributed by atoms with Crippen molar-refractivity contribution in [1.29, 1.82) is 0 Å². The Hall–Kier alpha value is -1.34. The molecule has 0 aromatic heterocycles. The molecule has 1 amide bonds. The minimum Gasteiger partial charge on any atom is -0.491 e. The number of morpholine rings is 1. The molecular weight excluding hydrogens is 332 g/mol. The summed E-state index contributed by atoms with van der Waals surface area (Å²) in [7, 11) is 0. The third kappa shape index (κ3) is 5.94. The number of halogens is 1. The van der Waals surface area contributed by atoms with Gasteiger partial charge in [0.05, 0.1) is 24.9 Å². The third-order valence-corrected chi connectivity index (χ3v) is 3.68. The maximum absolute atomic E-state index is 12.2. The fraction of sp³-hybridized carbons (Fsp3) is 0.588. The van der Waals surface area contributed by atoms with Gasteiger partial charge in [0.2, 0.25) is 5.91 Å². The van der Waals surface area contributed by atoms with E-state index in [1.54, 1.807) is 6.07 Å². The fourth-order valence-electron chi connectivity index (χ4n) is 2.52. The van der Waals surface area contributed by atoms with Crippen molar-refractivity contribution in [3.05, 3.63) is 29.8 Å². The number of hydrogen-bond donors (Lipinski definition) is 3. The Bertz CT molecular complexity index is 527. The van der Waals surface area contributed by atoms with Gasteiger partial charge in [0, 0.05) is 13.1 Å². The van der Waals surface area contributed by atoms with Gasteiger partial charge in [0.25, 0.3) is 0 Å². The average Bonchev–Trinajstić information content (AvgIpc) is 2.52. The fourth-order valence-corrected chi connectivity index (χ4v) is 2.52. The summed E-state index contributed by atoms with van der Waals surface area (Å²) < 4.78 is 11.1. The van der Waals surface area contributed by atoms with Gasteiger partial charge in [-0.25, -0.2) is 0 Å². The van der Waals surface area contributed by atoms with Crippen LogP contribution in [0.4, 0.5) is 0 Å². The van der Waals surface area contributed by atoms with Crippen LogP contribution < -0.4 is 15.4 Å². The zero-order valence-corrected chi connectivity index (χ0v) is 15.1. The highest BCUT2D eigenvalue weighted by atomic mass is 35.5. The molecule has 1 saturated heterocycles. The summed E-state index contributed by atoms with van der Waals surface area (Å²) in [6.45, 7) is 7.16. The predicted molar refractivity (Wildman–Crippen MR) is 94.6 cm³/mol. The first-order valence-electron chi connectivity index (χ1n) is 8.04. The Kier molecular flexibility index (Phi) is 8.48. The van der Waals surface area contributed by atoms with Gasteiger partial charge in [-0.2, -0.15) is 0 Å². The van der Waals surface area contributed by atoms with E-state index in [2.05, 4.69) is 10.6 Å². The normalized spacial score (nSPS) is 21.7. The number of amides is 1. The second-order valence-corrected chi connectivity index (χ2v) is 6.01. The molecule has 1 aliphatic heterocycles. The van der Waals surface area contributed by atoms with Crippen LogP contribution in [0.25, 0.3) is 0 Å². The maximum atomic E-state index is 12.2. The van der Waals surface area contributed by atoms with Crippen LogP contribution in [0.1, 0.15) is 32.4 Å². The minimum atomic E-state index is -0.783. The molecule has 136 valence electrons. The van der Waals surface area contributed by atoms with Crippen molar-refractivity contribution in [1.82, 2.24) is 10.6 Å². The van der Waals surface area contributed by atoms with Gasteiger partial charge in [-0.15, -0.1) is 12.4 Å². The van der Waals surface area contributed by atoms with Crippen LogP contribution in [-0.4, -0.2) is 49.0 Å². The molecule has 0 bridgehead atoms. The molecule has 3 atom stereocenters. The van der Waals surface area contributed by atoms with Crippen LogP contribution in [0.3, 0.4) is 0 Å². The Balaban J connectivity index is 0.00000288. The quantitative estimate of drug-likeness (QED) is 0.716. The summed E-state index contributed by atoms with van der Waals surface area (Å²) in [6.07, 6.45) is -0.890. The molecule has 1 unspecified atom stereocenters. The first-order valence-corrected chi connectivity index (χ1v) is 8.04. The van der Waals surface area contributed by atoms with E-state index in [9.17, 15) is 9.90 Å². The van der Waals surface area contributed by atoms with Gasteiger partial charge in [0.15, 0.2) is 0 Å². The molecule has 2 rings (SSSR count). The highest BCUT2D eigenvalue weighted by molar-refractivity contribution is 5.85. The summed E-state index contributed by atoms with van der Waals surface area (Å²) >= 11 is 0. The van der Waals surface area contributed by atoms with Crippen molar-refractivity contribution in [2.75, 3.05) is 19.7 Å². The molecule has 0 radical (unpaired) electrons. The minimum absolute atomic E-state index is 0. The predicted octanol–water partition coefficient (Wildman–Crippen LogP) is 1.42. The Morgan fingerprint density at radius 1 is 1.50 bits per heavy atom. The summed E-state index contributed by atoms with van der Waals surface area (Å²) in [6, 6.07) is 6.90. The lowest BCUT2D eigenvalue weighted by Gasteiger charge is -2.29. The van der Waals surface area contributed by atoms with Gasteiger partial charge >= 0.3 is 0 Å². The van der Waals surface area contributed by atoms with Crippen molar-refractivity contribution < 1.29 is 19.4 Å². The Morgan fingerprint density at radius 3 is 2.92 bits per heavy atom. The molecule has 24 heavy (non-hydrogen) atoms. The van der Waals surface area contributed by atoms with E-state index in [0.29, 0.717) is 24.5 Å². The number of aliphatic hydroxyl groups excluding tert-OH is 1. The van der Waals surface area contributed by atoms with E-state index in [1.807, 2.05) is 39.0 Å². The molecule has 6 nitrogen and oxygen atoms in total. The van der Waals surface area contributed by atoms with E-state index in [1.165, 1.54) is 0 Å². The maximum Gasteiger partial charge on any atom is 0.239 e. The van der Waals surface area contributed by atoms with Crippen molar-refractivity contribution in [3.8, 4) is 5.75 Å². The summed E-state index contributed by atoms with van der Waals surface area (Å²) in [5.74, 6) is 0.546. The summed E-state index contributed by atoms with van der Waals surface area (Å²) in [5, 5.41) is 16.2. The molecule has 7 heteroatoms. The number of rotatable bonds is 6. The van der Waals surface area contributed by atoms with Gasteiger partial charge in [0.1, 0.15) is 11.8 Å². The van der Waals surface area contributed by atoms with E-state index in [-0.39, 0.29) is 43.1 Å². The van der Waals surface area contributed by atoms with Crippen molar-refractivity contribution >= 4 is 18.3 Å². The van der Waals surface area contributed by atoms with Gasteiger partial charge in [-0.1, -0.05) is 12.1 Å². The third-order valence-electron chi connectivity index (χ3n) is 3.68. The van der Waals surface area contributed by atoms with Crippen molar-refractivity contribution in [3.63, 3.8) is 0 Å². The molecule has 0 saturated carbocycles. The second-order valence-electron chi connectivity index (χ2n) is 6.01. The van der Waals surface area contributed by atoms with E-state index in [4.69, 9.17) is 9.47 Å². The monoisotopic (exact) mass is 358 g/mol. The Morgan fingerprint density at radius 2 is 2.25 bits per heavy atom. The first-order chi connectivity index (χ1) is 11.0. The van der Waals surface area contributed by atoms with Gasteiger partial charge in [-0.05, 0) is 38.5 Å².